The Labute approximate surface area is 111 Å². The van der Waals surface area contributed by atoms with Crippen LogP contribution in [-0.2, 0) is 0 Å². The van der Waals surface area contributed by atoms with E-state index in [0.29, 0.717) is 0 Å². The van der Waals surface area contributed by atoms with E-state index >= 15 is 0 Å². The molecule has 0 aliphatic carbocycles. The van der Waals surface area contributed by atoms with Gasteiger partial charge in [0.2, 0.25) is 0 Å². The van der Waals surface area contributed by atoms with Crippen LogP contribution in [0.4, 0.5) is 18.9 Å². The number of hydrogen-bond acceptors (Lipinski definition) is 3. The van der Waals surface area contributed by atoms with Crippen molar-refractivity contribution in [3.05, 3.63) is 38.9 Å². The summed E-state index contributed by atoms with van der Waals surface area (Å²) in [5.41, 5.74) is 4.88. The summed E-state index contributed by atoms with van der Waals surface area (Å²) in [6.45, 7) is 0. The quantitative estimate of drug-likeness (QED) is 0.685. The highest BCUT2D eigenvalue weighted by Gasteiger charge is 2.31. The van der Waals surface area contributed by atoms with Gasteiger partial charge in [-0.2, -0.15) is 13.2 Å². The zero-order chi connectivity index (χ0) is 13.2. The lowest BCUT2D eigenvalue weighted by Gasteiger charge is -2.14. The van der Waals surface area contributed by atoms with E-state index in [4.69, 9.17) is 17.3 Å². The molecule has 0 fully saturated rings. The lowest BCUT2D eigenvalue weighted by Crippen LogP contribution is -2.20. The first-order valence-electron chi connectivity index (χ1n) is 4.47. The number of hydrogen-bond donors (Lipinski definition) is 1. The molecule has 102 valence electrons. The zero-order valence-corrected chi connectivity index (χ0v) is 10.4. The van der Waals surface area contributed by atoms with Gasteiger partial charge in [0.15, 0.2) is 0 Å². The summed E-state index contributed by atoms with van der Waals surface area (Å²) < 4.78 is 36.3. The molecule has 0 saturated heterocycles. The Morgan fingerprint density at radius 1 is 1.44 bits per heavy atom. The molecule has 0 bridgehead atoms. The van der Waals surface area contributed by atoms with E-state index in [1.54, 1.807) is 0 Å². The first kappa shape index (κ1) is 16.9. The van der Waals surface area contributed by atoms with Crippen molar-refractivity contribution in [2.24, 2.45) is 5.73 Å². The molecule has 2 N–H and O–H groups in total. The van der Waals surface area contributed by atoms with Gasteiger partial charge in [0.05, 0.1) is 11.3 Å². The molecule has 1 atom stereocenters. The summed E-state index contributed by atoms with van der Waals surface area (Å²) in [4.78, 5) is 9.77. The SMILES string of the molecule is Cl.N[C@H](CC(F)(F)F)c1ccc(Cl)c([N+](=O)[O-])c1. The minimum Gasteiger partial charge on any atom is -0.324 e. The third kappa shape index (κ3) is 4.67. The predicted molar refractivity (Wildman–Crippen MR) is 63.0 cm³/mol. The van der Waals surface area contributed by atoms with Gasteiger partial charge in [-0.3, -0.25) is 10.1 Å². The fraction of sp³-hybridized carbons (Fsp3) is 0.333. The van der Waals surface area contributed by atoms with Gasteiger partial charge in [-0.05, 0) is 11.6 Å². The minimum atomic E-state index is -4.42. The predicted octanol–water partition coefficient (Wildman–Crippen LogP) is 3.62. The van der Waals surface area contributed by atoms with E-state index in [0.717, 1.165) is 12.1 Å². The van der Waals surface area contributed by atoms with Crippen LogP contribution in [0.5, 0.6) is 0 Å². The molecule has 0 aliphatic rings. The van der Waals surface area contributed by atoms with E-state index in [1.165, 1.54) is 6.07 Å². The Kier molecular flexibility index (Phi) is 5.85. The normalized spacial score (nSPS) is 12.7. The monoisotopic (exact) mass is 304 g/mol. The largest absolute Gasteiger partial charge is 0.390 e. The first-order valence-corrected chi connectivity index (χ1v) is 4.84. The maximum absolute atomic E-state index is 12.1. The maximum Gasteiger partial charge on any atom is 0.390 e. The lowest BCUT2D eigenvalue weighted by atomic mass is 10.0. The van der Waals surface area contributed by atoms with E-state index < -0.39 is 29.2 Å². The van der Waals surface area contributed by atoms with Crippen molar-refractivity contribution in [2.45, 2.75) is 18.6 Å². The molecule has 0 saturated carbocycles. The standard InChI is InChI=1S/C9H8ClF3N2O2.ClH/c10-6-2-1-5(3-8(6)15(16)17)7(14)4-9(11,12)13;/h1-3,7H,4,14H2;1H/t7-;/m1./s1. The molecule has 1 aromatic rings. The highest BCUT2D eigenvalue weighted by molar-refractivity contribution is 6.32. The summed E-state index contributed by atoms with van der Waals surface area (Å²) in [5.74, 6) is 0. The summed E-state index contributed by atoms with van der Waals surface area (Å²) >= 11 is 5.52. The Bertz CT molecular complexity index is 440. The van der Waals surface area contributed by atoms with Gasteiger partial charge in [0, 0.05) is 12.1 Å². The average molecular weight is 305 g/mol. The van der Waals surface area contributed by atoms with Crippen molar-refractivity contribution in [2.75, 3.05) is 0 Å². The molecule has 0 heterocycles. The Morgan fingerprint density at radius 3 is 2.44 bits per heavy atom. The van der Waals surface area contributed by atoms with Crippen molar-refractivity contribution >= 4 is 29.7 Å². The first-order chi connectivity index (χ1) is 7.70. The van der Waals surface area contributed by atoms with Gasteiger partial charge < -0.3 is 5.73 Å². The molecule has 0 unspecified atom stereocenters. The van der Waals surface area contributed by atoms with Crippen LogP contribution in [0.2, 0.25) is 5.02 Å². The molecule has 0 radical (unpaired) electrons. The summed E-state index contributed by atoms with van der Waals surface area (Å²) in [6, 6.07) is 2.02. The van der Waals surface area contributed by atoms with Crippen LogP contribution in [0.15, 0.2) is 18.2 Å². The van der Waals surface area contributed by atoms with Crippen LogP contribution in [0.25, 0.3) is 0 Å². The van der Waals surface area contributed by atoms with Gasteiger partial charge in [0.25, 0.3) is 5.69 Å². The number of nitrogens with two attached hydrogens (primary N) is 1. The molecule has 4 nitrogen and oxygen atoms in total. The van der Waals surface area contributed by atoms with E-state index in [2.05, 4.69) is 0 Å². The lowest BCUT2D eigenvalue weighted by molar-refractivity contribution is -0.384. The third-order valence-corrected chi connectivity index (χ3v) is 2.37. The van der Waals surface area contributed by atoms with Crippen molar-refractivity contribution in [1.29, 1.82) is 0 Å². The smallest absolute Gasteiger partial charge is 0.324 e. The molecular weight excluding hydrogens is 296 g/mol. The van der Waals surface area contributed by atoms with E-state index in [-0.39, 0.29) is 23.0 Å². The van der Waals surface area contributed by atoms with Crippen LogP contribution in [0.1, 0.15) is 18.0 Å². The number of nitrogens with zero attached hydrogens (tertiary/aromatic N) is 1. The molecule has 0 aromatic heterocycles. The second kappa shape index (κ2) is 6.21. The van der Waals surface area contributed by atoms with Crippen LogP contribution in [-0.4, -0.2) is 11.1 Å². The summed E-state index contributed by atoms with van der Waals surface area (Å²) in [7, 11) is 0. The van der Waals surface area contributed by atoms with Gasteiger partial charge >= 0.3 is 6.18 Å². The second-order valence-corrected chi connectivity index (χ2v) is 3.80. The number of benzene rings is 1. The molecule has 0 spiro atoms. The highest BCUT2D eigenvalue weighted by atomic mass is 35.5. The van der Waals surface area contributed by atoms with Crippen LogP contribution >= 0.6 is 24.0 Å². The number of alkyl halides is 3. The number of rotatable bonds is 3. The van der Waals surface area contributed by atoms with Crippen molar-refractivity contribution in [3.63, 3.8) is 0 Å². The molecule has 1 aromatic carbocycles. The zero-order valence-electron chi connectivity index (χ0n) is 8.78. The van der Waals surface area contributed by atoms with Crippen LogP contribution in [0.3, 0.4) is 0 Å². The Balaban J connectivity index is 0.00000289. The Morgan fingerprint density at radius 2 is 2.00 bits per heavy atom. The maximum atomic E-state index is 12.1. The molecule has 0 aliphatic heterocycles. The third-order valence-electron chi connectivity index (χ3n) is 2.05. The molecule has 1 rings (SSSR count). The van der Waals surface area contributed by atoms with Gasteiger partial charge in [-0.25, -0.2) is 0 Å². The minimum absolute atomic E-state index is 0. The average Bonchev–Trinajstić information content (AvgIpc) is 2.14. The number of halogens is 5. The fourth-order valence-corrected chi connectivity index (χ4v) is 1.45. The molecule has 18 heavy (non-hydrogen) atoms. The molecular formula is C9H9Cl2F3N2O2. The van der Waals surface area contributed by atoms with Gasteiger partial charge in [0.1, 0.15) is 5.02 Å². The van der Waals surface area contributed by atoms with Crippen molar-refractivity contribution < 1.29 is 18.1 Å². The Hall–Kier alpha value is -1.05. The van der Waals surface area contributed by atoms with Gasteiger partial charge in [-0.1, -0.05) is 17.7 Å². The van der Waals surface area contributed by atoms with Crippen molar-refractivity contribution in [1.82, 2.24) is 0 Å². The topological polar surface area (TPSA) is 69.2 Å². The van der Waals surface area contributed by atoms with Crippen LogP contribution in [0, 0.1) is 10.1 Å². The second-order valence-electron chi connectivity index (χ2n) is 3.39. The van der Waals surface area contributed by atoms with Gasteiger partial charge in [-0.15, -0.1) is 12.4 Å². The summed E-state index contributed by atoms with van der Waals surface area (Å²) in [6.07, 6.45) is -5.67. The van der Waals surface area contributed by atoms with E-state index in [1.807, 2.05) is 0 Å². The van der Waals surface area contributed by atoms with Crippen molar-refractivity contribution in [3.8, 4) is 0 Å². The summed E-state index contributed by atoms with van der Waals surface area (Å²) in [5, 5.41) is 10.4. The van der Waals surface area contributed by atoms with E-state index in [9.17, 15) is 23.3 Å². The molecule has 9 heteroatoms. The highest BCUT2D eigenvalue weighted by Crippen LogP contribution is 2.32. The molecule has 0 amide bonds. The number of nitro groups is 1. The number of nitro benzene ring substituents is 1. The van der Waals surface area contributed by atoms with Crippen LogP contribution < -0.4 is 5.73 Å². The fourth-order valence-electron chi connectivity index (χ4n) is 1.27.